The van der Waals surface area contributed by atoms with Crippen molar-refractivity contribution in [1.29, 1.82) is 0 Å². The second-order valence-corrected chi connectivity index (χ2v) is 6.39. The summed E-state index contributed by atoms with van der Waals surface area (Å²) in [5, 5.41) is 2.95. The Morgan fingerprint density at radius 3 is 2.64 bits per heavy atom. The molecule has 112 valence electrons. The van der Waals surface area contributed by atoms with Crippen molar-refractivity contribution in [3.05, 3.63) is 56.0 Å². The van der Waals surface area contributed by atoms with Crippen LogP contribution in [0.1, 0.15) is 5.76 Å². The van der Waals surface area contributed by atoms with E-state index in [2.05, 4.69) is 37.2 Å². The highest BCUT2D eigenvalue weighted by Gasteiger charge is 2.35. The number of anilines is 1. The molecule has 0 atom stereocenters. The summed E-state index contributed by atoms with van der Waals surface area (Å²) in [4.78, 5) is 25.4. The highest BCUT2D eigenvalue weighted by Crippen LogP contribution is 2.29. The van der Waals surface area contributed by atoms with E-state index in [1.54, 1.807) is 30.3 Å². The minimum atomic E-state index is -0.539. The van der Waals surface area contributed by atoms with E-state index in [1.807, 2.05) is 0 Å². The van der Waals surface area contributed by atoms with Gasteiger partial charge >= 0.3 is 6.03 Å². The molecule has 2 heterocycles. The minimum absolute atomic E-state index is 0.124. The Bertz CT molecular complexity index is 797. The molecule has 0 saturated carbocycles. The maximum Gasteiger partial charge on any atom is 0.333 e. The number of hydrogen-bond donors (Lipinski definition) is 1. The van der Waals surface area contributed by atoms with E-state index in [9.17, 15) is 9.59 Å². The number of rotatable bonds is 2. The zero-order chi connectivity index (χ0) is 15.9. The molecular formula is C14H7Br2ClN2O3. The number of imide groups is 1. The lowest BCUT2D eigenvalue weighted by molar-refractivity contribution is -0.113. The molecule has 0 radical (unpaired) electrons. The lowest BCUT2D eigenvalue weighted by atomic mass is 10.3. The van der Waals surface area contributed by atoms with Crippen LogP contribution in [0.4, 0.5) is 10.5 Å². The molecule has 1 saturated heterocycles. The van der Waals surface area contributed by atoms with E-state index in [1.165, 1.54) is 6.08 Å². The van der Waals surface area contributed by atoms with Crippen molar-refractivity contribution in [3.63, 3.8) is 0 Å². The standard InChI is InChI=1S/C14H7Br2ClN2O3/c15-10-5-9(22-12(10)16)6-11-13(20)19(14(21)18-11)8-3-1-2-7(17)4-8/h1-6H,(H,18,21)/b11-6+. The van der Waals surface area contributed by atoms with Crippen molar-refractivity contribution in [2.24, 2.45) is 0 Å². The zero-order valence-corrected chi connectivity index (χ0v) is 14.7. The fourth-order valence-corrected chi connectivity index (χ4v) is 2.75. The third kappa shape index (κ3) is 2.84. The Morgan fingerprint density at radius 1 is 1.23 bits per heavy atom. The van der Waals surface area contributed by atoms with Crippen LogP contribution in [-0.2, 0) is 4.79 Å². The Balaban J connectivity index is 1.94. The predicted molar refractivity (Wildman–Crippen MR) is 89.6 cm³/mol. The Kier molecular flexibility index (Phi) is 4.12. The van der Waals surface area contributed by atoms with Gasteiger partial charge in [-0.2, -0.15) is 0 Å². The molecular weight excluding hydrogens is 439 g/mol. The predicted octanol–water partition coefficient (Wildman–Crippen LogP) is 4.56. The van der Waals surface area contributed by atoms with Crippen molar-refractivity contribution in [3.8, 4) is 0 Å². The molecule has 5 nitrogen and oxygen atoms in total. The van der Waals surface area contributed by atoms with Crippen LogP contribution >= 0.6 is 43.5 Å². The number of nitrogens with one attached hydrogen (secondary N) is 1. The lowest BCUT2D eigenvalue weighted by Crippen LogP contribution is -2.30. The average molecular weight is 446 g/mol. The molecule has 1 aliphatic rings. The number of benzene rings is 1. The van der Waals surface area contributed by atoms with Crippen LogP contribution in [-0.4, -0.2) is 11.9 Å². The van der Waals surface area contributed by atoms with E-state index >= 15 is 0 Å². The number of furan rings is 1. The zero-order valence-electron chi connectivity index (χ0n) is 10.8. The molecule has 0 bridgehead atoms. The molecule has 1 aliphatic heterocycles. The van der Waals surface area contributed by atoms with E-state index in [0.29, 0.717) is 25.6 Å². The van der Waals surface area contributed by atoms with Crippen LogP contribution in [0, 0.1) is 0 Å². The third-order valence-corrected chi connectivity index (χ3v) is 4.84. The molecule has 1 aromatic carbocycles. The first-order valence-corrected chi connectivity index (χ1v) is 7.99. The fraction of sp³-hybridized carbons (Fsp3) is 0. The Morgan fingerprint density at radius 2 is 2.00 bits per heavy atom. The van der Waals surface area contributed by atoms with Crippen molar-refractivity contribution in [2.45, 2.75) is 0 Å². The first-order chi connectivity index (χ1) is 10.5. The Hall–Kier alpha value is -1.57. The summed E-state index contributed by atoms with van der Waals surface area (Å²) in [6.07, 6.45) is 1.46. The van der Waals surface area contributed by atoms with E-state index in [0.717, 1.165) is 4.90 Å². The molecule has 1 fully saturated rings. The molecule has 0 spiro atoms. The summed E-state index contributed by atoms with van der Waals surface area (Å²) in [5.74, 6) is -0.0498. The molecule has 8 heteroatoms. The van der Waals surface area contributed by atoms with Gasteiger partial charge in [0.1, 0.15) is 11.5 Å². The summed E-state index contributed by atoms with van der Waals surface area (Å²) in [6.45, 7) is 0. The number of amides is 3. The third-order valence-electron chi connectivity index (χ3n) is 2.90. The highest BCUT2D eigenvalue weighted by molar-refractivity contribution is 9.13. The van der Waals surface area contributed by atoms with Gasteiger partial charge in [0.15, 0.2) is 4.67 Å². The number of carbonyl (C=O) groups is 2. The fourth-order valence-electron chi connectivity index (χ4n) is 1.96. The van der Waals surface area contributed by atoms with Crippen molar-refractivity contribution >= 4 is 67.2 Å². The van der Waals surface area contributed by atoms with Crippen molar-refractivity contribution < 1.29 is 14.0 Å². The summed E-state index contributed by atoms with van der Waals surface area (Å²) in [6, 6.07) is 7.65. The first-order valence-electron chi connectivity index (χ1n) is 6.03. The molecule has 22 heavy (non-hydrogen) atoms. The van der Waals surface area contributed by atoms with Gasteiger partial charge in [-0.25, -0.2) is 9.69 Å². The molecule has 1 N–H and O–H groups in total. The van der Waals surface area contributed by atoms with E-state index in [-0.39, 0.29) is 5.70 Å². The summed E-state index contributed by atoms with van der Waals surface area (Å²) < 4.78 is 6.58. The van der Waals surface area contributed by atoms with Crippen LogP contribution in [0.2, 0.25) is 5.02 Å². The van der Waals surface area contributed by atoms with Crippen LogP contribution < -0.4 is 10.2 Å². The molecule has 0 aliphatic carbocycles. The lowest BCUT2D eigenvalue weighted by Gasteiger charge is -2.11. The molecule has 2 aromatic rings. The number of halogens is 3. The minimum Gasteiger partial charge on any atom is -0.449 e. The Labute approximate surface area is 147 Å². The van der Waals surface area contributed by atoms with Gasteiger partial charge < -0.3 is 9.73 Å². The summed E-state index contributed by atoms with van der Waals surface area (Å²) in [5.41, 5.74) is 0.527. The maximum absolute atomic E-state index is 12.4. The second kappa shape index (κ2) is 5.91. The van der Waals surface area contributed by atoms with Crippen LogP contribution in [0.5, 0.6) is 0 Å². The van der Waals surface area contributed by atoms with Gasteiger partial charge in [0.2, 0.25) is 0 Å². The molecule has 0 unspecified atom stereocenters. The van der Waals surface area contributed by atoms with Crippen LogP contribution in [0.25, 0.3) is 6.08 Å². The van der Waals surface area contributed by atoms with E-state index in [4.69, 9.17) is 16.0 Å². The van der Waals surface area contributed by atoms with Crippen molar-refractivity contribution in [1.82, 2.24) is 5.32 Å². The monoisotopic (exact) mass is 444 g/mol. The maximum atomic E-state index is 12.4. The summed E-state index contributed by atoms with van der Waals surface area (Å²) in [7, 11) is 0. The van der Waals surface area contributed by atoms with Crippen LogP contribution in [0.3, 0.4) is 0 Å². The second-order valence-electron chi connectivity index (χ2n) is 4.38. The highest BCUT2D eigenvalue weighted by atomic mass is 79.9. The van der Waals surface area contributed by atoms with Crippen LogP contribution in [0.15, 0.2) is 49.6 Å². The van der Waals surface area contributed by atoms with Gasteiger partial charge in [-0.05, 0) is 56.1 Å². The topological polar surface area (TPSA) is 62.6 Å². The number of hydrogen-bond acceptors (Lipinski definition) is 3. The molecule has 1 aromatic heterocycles. The first kappa shape index (κ1) is 15.3. The SMILES string of the molecule is O=C1N/C(=C/c2cc(Br)c(Br)o2)C(=O)N1c1cccc(Cl)c1. The van der Waals surface area contributed by atoms with Gasteiger partial charge in [0, 0.05) is 11.1 Å². The number of nitrogens with zero attached hydrogens (tertiary/aromatic N) is 1. The molecule has 3 amide bonds. The van der Waals surface area contributed by atoms with Gasteiger partial charge in [0.25, 0.3) is 5.91 Å². The van der Waals surface area contributed by atoms with Gasteiger partial charge in [-0.3, -0.25) is 4.79 Å². The van der Waals surface area contributed by atoms with Gasteiger partial charge in [0.05, 0.1) is 10.2 Å². The smallest absolute Gasteiger partial charge is 0.333 e. The average Bonchev–Trinajstić information content (AvgIpc) is 2.90. The normalized spacial score (nSPS) is 16.5. The quantitative estimate of drug-likeness (QED) is 0.544. The van der Waals surface area contributed by atoms with E-state index < -0.39 is 11.9 Å². The largest absolute Gasteiger partial charge is 0.449 e. The van der Waals surface area contributed by atoms with Gasteiger partial charge in [-0.15, -0.1) is 0 Å². The van der Waals surface area contributed by atoms with Gasteiger partial charge in [-0.1, -0.05) is 17.7 Å². The van der Waals surface area contributed by atoms with Crippen molar-refractivity contribution in [2.75, 3.05) is 4.90 Å². The number of carbonyl (C=O) groups excluding carboxylic acids is 2. The summed E-state index contributed by atoms with van der Waals surface area (Å²) >= 11 is 12.4. The molecule has 3 rings (SSSR count). The number of urea groups is 1.